The van der Waals surface area contributed by atoms with Gasteiger partial charge in [-0.3, -0.25) is 18.5 Å². The molecule has 0 amide bonds. The van der Waals surface area contributed by atoms with E-state index in [1.807, 2.05) is 0 Å². The Morgan fingerprint density at radius 3 is 1.96 bits per heavy atom. The molecule has 0 aliphatic carbocycles. The van der Waals surface area contributed by atoms with E-state index in [1.165, 1.54) is 6.92 Å². The zero-order valence-electron chi connectivity index (χ0n) is 12.2. The molecule has 24 heavy (non-hydrogen) atoms. The Bertz CT molecular complexity index is 1050. The van der Waals surface area contributed by atoms with Gasteiger partial charge in [0.2, 0.25) is 0 Å². The molecule has 0 fully saturated rings. The van der Waals surface area contributed by atoms with Gasteiger partial charge in [-0.2, -0.15) is 16.8 Å². The van der Waals surface area contributed by atoms with Gasteiger partial charge >= 0.3 is 10.1 Å². The van der Waals surface area contributed by atoms with Gasteiger partial charge in [0.15, 0.2) is 10.8 Å². The van der Waals surface area contributed by atoms with Crippen molar-refractivity contribution in [2.24, 2.45) is 0 Å². The van der Waals surface area contributed by atoms with E-state index in [-0.39, 0.29) is 17.7 Å². The average molecular weight is 375 g/mol. The molecular formula is C13H13NO8S2. The second kappa shape index (κ2) is 6.02. The van der Waals surface area contributed by atoms with Crippen LogP contribution in [0.3, 0.4) is 0 Å². The standard InChI is InChI=1S/C13H13NO8S2/c1-2-14-11(15)7-10(12(13(14)16)24(20,21)22)8-3-5-9(6-4-8)23(17,18)19/h3-7,15H,2H2,1H3,(H,17,18,19)(H,20,21,22). The fourth-order valence-electron chi connectivity index (χ4n) is 2.19. The summed E-state index contributed by atoms with van der Waals surface area (Å²) in [6.07, 6.45) is 0. The van der Waals surface area contributed by atoms with Crippen LogP contribution in [-0.2, 0) is 26.8 Å². The Morgan fingerprint density at radius 1 is 1.00 bits per heavy atom. The van der Waals surface area contributed by atoms with Crippen LogP contribution < -0.4 is 5.56 Å². The molecule has 2 aromatic rings. The molecule has 0 saturated heterocycles. The number of hydrogen-bond acceptors (Lipinski definition) is 6. The molecule has 0 bridgehead atoms. The minimum atomic E-state index is -4.91. The van der Waals surface area contributed by atoms with E-state index in [0.717, 1.165) is 34.9 Å². The highest BCUT2D eigenvalue weighted by Crippen LogP contribution is 2.29. The lowest BCUT2D eigenvalue weighted by molar-refractivity contribution is 0.407. The largest absolute Gasteiger partial charge is 0.494 e. The summed E-state index contributed by atoms with van der Waals surface area (Å²) in [5, 5.41) is 9.86. The number of pyridine rings is 1. The maximum atomic E-state index is 12.2. The third kappa shape index (κ3) is 3.33. The van der Waals surface area contributed by atoms with E-state index >= 15 is 0 Å². The summed E-state index contributed by atoms with van der Waals surface area (Å²) < 4.78 is 64.2. The van der Waals surface area contributed by atoms with Crippen molar-refractivity contribution in [3.05, 3.63) is 40.7 Å². The summed E-state index contributed by atoms with van der Waals surface area (Å²) in [6.45, 7) is 1.46. The Balaban J connectivity index is 2.82. The van der Waals surface area contributed by atoms with Crippen molar-refractivity contribution < 1.29 is 31.0 Å². The third-order valence-electron chi connectivity index (χ3n) is 3.27. The molecule has 0 aliphatic heterocycles. The van der Waals surface area contributed by atoms with Crippen LogP contribution in [0.2, 0.25) is 0 Å². The van der Waals surface area contributed by atoms with Gasteiger partial charge in [0, 0.05) is 18.2 Å². The summed E-state index contributed by atoms with van der Waals surface area (Å²) in [7, 11) is -9.36. The predicted octanol–water partition coefficient (Wildman–Crippen LogP) is 0.734. The van der Waals surface area contributed by atoms with Gasteiger partial charge in [-0.15, -0.1) is 0 Å². The Hall–Kier alpha value is -2.21. The lowest BCUT2D eigenvalue weighted by Crippen LogP contribution is -2.26. The molecule has 3 N–H and O–H groups in total. The number of aromatic hydroxyl groups is 1. The summed E-state index contributed by atoms with van der Waals surface area (Å²) in [4.78, 5) is 10.8. The SMILES string of the molecule is CCn1c(O)cc(-c2ccc(S(=O)(=O)O)cc2)c(S(=O)(=O)O)c1=O. The first-order valence-corrected chi connectivity index (χ1v) is 9.37. The molecule has 11 heteroatoms. The quantitative estimate of drug-likeness (QED) is 0.662. The first-order valence-electron chi connectivity index (χ1n) is 6.49. The van der Waals surface area contributed by atoms with E-state index < -0.39 is 41.5 Å². The number of nitrogens with zero attached hydrogens (tertiary/aromatic N) is 1. The number of hydrogen-bond donors (Lipinski definition) is 3. The highest BCUT2D eigenvalue weighted by Gasteiger charge is 2.25. The Labute approximate surface area is 137 Å². The van der Waals surface area contributed by atoms with Gasteiger partial charge in [0.25, 0.3) is 15.7 Å². The molecule has 0 aliphatic rings. The molecule has 1 heterocycles. The topological polar surface area (TPSA) is 151 Å². The van der Waals surface area contributed by atoms with Gasteiger partial charge in [-0.05, 0) is 24.6 Å². The van der Waals surface area contributed by atoms with Crippen LogP contribution in [0, 0.1) is 0 Å². The lowest BCUT2D eigenvalue weighted by atomic mass is 10.1. The first-order chi connectivity index (χ1) is 11.0. The van der Waals surface area contributed by atoms with Crippen LogP contribution in [-0.4, -0.2) is 35.6 Å². The van der Waals surface area contributed by atoms with Gasteiger partial charge in [-0.25, -0.2) is 0 Å². The fraction of sp³-hybridized carbons (Fsp3) is 0.154. The van der Waals surface area contributed by atoms with Gasteiger partial charge in [-0.1, -0.05) is 12.1 Å². The van der Waals surface area contributed by atoms with Crippen LogP contribution in [0.25, 0.3) is 11.1 Å². The maximum Gasteiger partial charge on any atom is 0.300 e. The normalized spacial score (nSPS) is 12.3. The van der Waals surface area contributed by atoms with Crippen LogP contribution in [0.4, 0.5) is 0 Å². The van der Waals surface area contributed by atoms with Gasteiger partial charge in [0.1, 0.15) is 0 Å². The van der Waals surface area contributed by atoms with Gasteiger partial charge in [0.05, 0.1) is 4.90 Å². The van der Waals surface area contributed by atoms with Crippen molar-refractivity contribution in [1.82, 2.24) is 4.57 Å². The summed E-state index contributed by atoms with van der Waals surface area (Å²) >= 11 is 0. The second-order valence-electron chi connectivity index (χ2n) is 4.77. The highest BCUT2D eigenvalue weighted by molar-refractivity contribution is 7.86. The number of rotatable bonds is 4. The van der Waals surface area contributed by atoms with Crippen molar-refractivity contribution in [3.63, 3.8) is 0 Å². The second-order valence-corrected chi connectivity index (χ2v) is 7.55. The lowest BCUT2D eigenvalue weighted by Gasteiger charge is -2.12. The Morgan fingerprint density at radius 2 is 1.54 bits per heavy atom. The minimum Gasteiger partial charge on any atom is -0.494 e. The third-order valence-corrected chi connectivity index (χ3v) is 5.05. The van der Waals surface area contributed by atoms with Crippen molar-refractivity contribution in [1.29, 1.82) is 0 Å². The fourth-order valence-corrected chi connectivity index (χ4v) is 3.46. The summed E-state index contributed by atoms with van der Waals surface area (Å²) in [5.41, 5.74) is -1.37. The molecule has 1 aromatic heterocycles. The molecule has 2 rings (SSSR count). The summed E-state index contributed by atoms with van der Waals surface area (Å²) in [5.74, 6) is -0.524. The molecule has 0 saturated carbocycles. The smallest absolute Gasteiger partial charge is 0.300 e. The zero-order valence-corrected chi connectivity index (χ0v) is 13.9. The predicted molar refractivity (Wildman–Crippen MR) is 83.1 cm³/mol. The molecular weight excluding hydrogens is 362 g/mol. The van der Waals surface area contributed by atoms with Crippen LogP contribution in [0.5, 0.6) is 5.88 Å². The number of benzene rings is 1. The molecule has 9 nitrogen and oxygen atoms in total. The highest BCUT2D eigenvalue weighted by atomic mass is 32.2. The first kappa shape index (κ1) is 18.1. The number of aromatic nitrogens is 1. The zero-order chi connectivity index (χ0) is 18.3. The van der Waals surface area contributed by atoms with Crippen molar-refractivity contribution >= 4 is 20.2 Å². The van der Waals surface area contributed by atoms with E-state index in [2.05, 4.69) is 0 Å². The molecule has 0 spiro atoms. The maximum absolute atomic E-state index is 12.2. The van der Waals surface area contributed by atoms with Crippen LogP contribution in [0.1, 0.15) is 6.92 Å². The molecule has 0 unspecified atom stereocenters. The van der Waals surface area contributed by atoms with Crippen LogP contribution >= 0.6 is 0 Å². The van der Waals surface area contributed by atoms with Crippen molar-refractivity contribution in [3.8, 4) is 17.0 Å². The molecule has 1 aromatic carbocycles. The average Bonchev–Trinajstić information content (AvgIpc) is 2.44. The Kier molecular flexibility index (Phi) is 4.55. The summed E-state index contributed by atoms with van der Waals surface area (Å²) in [6, 6.07) is 5.20. The molecule has 0 radical (unpaired) electrons. The van der Waals surface area contributed by atoms with Crippen molar-refractivity contribution in [2.45, 2.75) is 23.3 Å². The molecule has 0 atom stereocenters. The minimum absolute atomic E-state index is 0.0326. The van der Waals surface area contributed by atoms with Crippen molar-refractivity contribution in [2.75, 3.05) is 0 Å². The van der Waals surface area contributed by atoms with E-state index in [9.17, 15) is 31.3 Å². The van der Waals surface area contributed by atoms with E-state index in [1.54, 1.807) is 0 Å². The molecule has 130 valence electrons. The monoisotopic (exact) mass is 375 g/mol. The van der Waals surface area contributed by atoms with E-state index in [4.69, 9.17) is 4.55 Å². The van der Waals surface area contributed by atoms with Gasteiger partial charge < -0.3 is 5.11 Å². The van der Waals surface area contributed by atoms with Crippen LogP contribution in [0.15, 0.2) is 44.9 Å². The van der Waals surface area contributed by atoms with E-state index in [0.29, 0.717) is 0 Å².